The molecule has 1 fully saturated rings. The van der Waals surface area contributed by atoms with E-state index < -0.39 is 0 Å². The number of hydrogen-bond donors (Lipinski definition) is 1. The van der Waals surface area contributed by atoms with Crippen LogP contribution >= 0.6 is 28.1 Å². The number of hydrogen-bond acceptors (Lipinski definition) is 2. The normalized spacial score (nSPS) is 19.6. The lowest BCUT2D eigenvalue weighted by Gasteiger charge is -2.28. The molecule has 1 aliphatic heterocycles. The Morgan fingerprint density at radius 3 is 2.62 bits per heavy atom. The zero-order chi connectivity index (χ0) is 18.1. The molecule has 1 aromatic carbocycles. The predicted octanol–water partition coefficient (Wildman–Crippen LogP) is 4.84. The van der Waals surface area contributed by atoms with Gasteiger partial charge in [-0.3, -0.25) is 4.98 Å². The van der Waals surface area contributed by atoms with E-state index in [-0.39, 0.29) is 12.1 Å². The van der Waals surface area contributed by atoms with Crippen molar-refractivity contribution in [2.24, 2.45) is 0 Å². The topological polar surface area (TPSA) is 33.1 Å². The standard InChI is InChI=1S/C20H19BrN4S/c1-2-24-13-5-7-17(24)19-18(16-6-3-4-12-22-16)23-20(26)25(19)15-10-8-14(21)9-11-15/h3-13,18-19H,2H2,1H3,(H,23,26)/t18-,19+/m1/s1. The van der Waals surface area contributed by atoms with Gasteiger partial charge in [0.15, 0.2) is 5.11 Å². The maximum absolute atomic E-state index is 5.73. The van der Waals surface area contributed by atoms with E-state index in [1.165, 1.54) is 5.69 Å². The fourth-order valence-electron chi connectivity index (χ4n) is 3.52. The highest BCUT2D eigenvalue weighted by atomic mass is 79.9. The molecule has 1 saturated heterocycles. The van der Waals surface area contributed by atoms with Crippen molar-refractivity contribution in [3.8, 4) is 0 Å². The molecule has 4 nitrogen and oxygen atoms in total. The molecule has 4 rings (SSSR count). The lowest BCUT2D eigenvalue weighted by Crippen LogP contribution is -2.30. The van der Waals surface area contributed by atoms with Gasteiger partial charge in [-0.15, -0.1) is 0 Å². The number of pyridine rings is 1. The van der Waals surface area contributed by atoms with Gasteiger partial charge in [0.25, 0.3) is 0 Å². The third-order valence-corrected chi connectivity index (χ3v) is 5.55. The van der Waals surface area contributed by atoms with E-state index in [1.54, 1.807) is 0 Å². The van der Waals surface area contributed by atoms with Gasteiger partial charge in [-0.2, -0.15) is 0 Å². The van der Waals surface area contributed by atoms with E-state index in [0.717, 1.165) is 27.5 Å². The summed E-state index contributed by atoms with van der Waals surface area (Å²) in [7, 11) is 0. The van der Waals surface area contributed by atoms with Crippen LogP contribution in [0.2, 0.25) is 0 Å². The number of rotatable bonds is 4. The molecule has 1 aliphatic rings. The van der Waals surface area contributed by atoms with E-state index in [0.29, 0.717) is 0 Å². The number of benzene rings is 1. The second kappa shape index (κ2) is 7.21. The molecule has 0 bridgehead atoms. The van der Waals surface area contributed by atoms with Crippen molar-refractivity contribution in [2.75, 3.05) is 4.90 Å². The summed E-state index contributed by atoms with van der Waals surface area (Å²) in [4.78, 5) is 6.78. The quantitative estimate of drug-likeness (QED) is 0.604. The van der Waals surface area contributed by atoms with Gasteiger partial charge in [0, 0.05) is 34.8 Å². The van der Waals surface area contributed by atoms with Crippen LogP contribution in [0.15, 0.2) is 71.5 Å². The van der Waals surface area contributed by atoms with E-state index in [2.05, 4.69) is 79.2 Å². The molecule has 0 unspecified atom stereocenters. The van der Waals surface area contributed by atoms with E-state index >= 15 is 0 Å². The molecule has 0 radical (unpaired) electrons. The van der Waals surface area contributed by atoms with Crippen LogP contribution in [0.1, 0.15) is 30.4 Å². The van der Waals surface area contributed by atoms with Crippen molar-refractivity contribution in [1.29, 1.82) is 0 Å². The number of nitrogens with one attached hydrogen (secondary N) is 1. The summed E-state index contributed by atoms with van der Waals surface area (Å²) in [6, 6.07) is 18.6. The van der Waals surface area contributed by atoms with Gasteiger partial charge in [-0.05, 0) is 67.7 Å². The van der Waals surface area contributed by atoms with Gasteiger partial charge >= 0.3 is 0 Å². The lowest BCUT2D eigenvalue weighted by atomic mass is 10.0. The van der Waals surface area contributed by atoms with Gasteiger partial charge in [-0.1, -0.05) is 22.0 Å². The first-order valence-electron chi connectivity index (χ1n) is 8.60. The molecule has 0 aliphatic carbocycles. The smallest absolute Gasteiger partial charge is 0.174 e. The summed E-state index contributed by atoms with van der Waals surface area (Å²) < 4.78 is 3.32. The Balaban J connectivity index is 1.84. The maximum Gasteiger partial charge on any atom is 0.174 e. The van der Waals surface area contributed by atoms with E-state index in [1.807, 2.05) is 30.5 Å². The van der Waals surface area contributed by atoms with Crippen molar-refractivity contribution in [1.82, 2.24) is 14.9 Å². The third-order valence-electron chi connectivity index (χ3n) is 4.71. The fraction of sp³-hybridized carbons (Fsp3) is 0.200. The Bertz CT molecular complexity index is 907. The summed E-state index contributed by atoms with van der Waals surface area (Å²) in [5.74, 6) is 0. The van der Waals surface area contributed by atoms with E-state index in [9.17, 15) is 0 Å². The SMILES string of the molecule is CCn1cccc1[C@H]1[C@@H](c2ccccn2)NC(=S)N1c1ccc(Br)cc1. The molecule has 26 heavy (non-hydrogen) atoms. The van der Waals surface area contributed by atoms with Crippen LogP contribution in [0.4, 0.5) is 5.69 Å². The second-order valence-corrected chi connectivity index (χ2v) is 7.49. The number of aryl methyl sites for hydroxylation is 1. The van der Waals surface area contributed by atoms with Crippen molar-refractivity contribution in [3.63, 3.8) is 0 Å². The average Bonchev–Trinajstić information content (AvgIpc) is 3.27. The van der Waals surface area contributed by atoms with Crippen LogP contribution in [-0.4, -0.2) is 14.7 Å². The summed E-state index contributed by atoms with van der Waals surface area (Å²) in [6.07, 6.45) is 3.95. The van der Waals surface area contributed by atoms with Crippen LogP contribution < -0.4 is 10.2 Å². The van der Waals surface area contributed by atoms with Crippen LogP contribution in [-0.2, 0) is 6.54 Å². The molecule has 6 heteroatoms. The molecule has 0 spiro atoms. The highest BCUT2D eigenvalue weighted by molar-refractivity contribution is 9.10. The average molecular weight is 427 g/mol. The Kier molecular flexibility index (Phi) is 4.78. The number of anilines is 1. The van der Waals surface area contributed by atoms with Crippen LogP contribution in [0.5, 0.6) is 0 Å². The zero-order valence-electron chi connectivity index (χ0n) is 14.3. The first kappa shape index (κ1) is 17.2. The molecule has 2 aromatic heterocycles. The highest BCUT2D eigenvalue weighted by Crippen LogP contribution is 2.41. The van der Waals surface area contributed by atoms with Crippen LogP contribution in [0, 0.1) is 0 Å². The van der Waals surface area contributed by atoms with Gasteiger partial charge in [0.05, 0.1) is 11.7 Å². The Labute approximate surface area is 167 Å². The summed E-state index contributed by atoms with van der Waals surface area (Å²) in [5.41, 5.74) is 3.28. The highest BCUT2D eigenvalue weighted by Gasteiger charge is 2.41. The predicted molar refractivity (Wildman–Crippen MR) is 112 cm³/mol. The van der Waals surface area contributed by atoms with Crippen LogP contribution in [0.3, 0.4) is 0 Å². The molecular weight excluding hydrogens is 408 g/mol. The summed E-state index contributed by atoms with van der Waals surface area (Å²) in [6.45, 7) is 3.07. The van der Waals surface area contributed by atoms with Crippen molar-refractivity contribution in [3.05, 3.63) is 82.9 Å². The summed E-state index contributed by atoms with van der Waals surface area (Å²) >= 11 is 9.24. The minimum absolute atomic E-state index is 0.00690. The first-order valence-corrected chi connectivity index (χ1v) is 9.80. The third kappa shape index (κ3) is 3.04. The lowest BCUT2D eigenvalue weighted by molar-refractivity contribution is 0.529. The maximum atomic E-state index is 5.73. The zero-order valence-corrected chi connectivity index (χ0v) is 16.7. The van der Waals surface area contributed by atoms with Crippen LogP contribution in [0.25, 0.3) is 0 Å². The molecule has 3 heterocycles. The Hall–Kier alpha value is -2.18. The number of nitrogens with zero attached hydrogens (tertiary/aromatic N) is 3. The van der Waals surface area contributed by atoms with E-state index in [4.69, 9.17) is 12.2 Å². The van der Waals surface area contributed by atoms with Gasteiger partial charge in [0.2, 0.25) is 0 Å². The van der Waals surface area contributed by atoms with Gasteiger partial charge in [-0.25, -0.2) is 0 Å². The molecule has 132 valence electrons. The number of aromatic nitrogens is 2. The molecule has 0 saturated carbocycles. The second-order valence-electron chi connectivity index (χ2n) is 6.19. The molecule has 2 atom stereocenters. The largest absolute Gasteiger partial charge is 0.351 e. The van der Waals surface area contributed by atoms with Crippen molar-refractivity contribution < 1.29 is 0 Å². The Morgan fingerprint density at radius 1 is 1.12 bits per heavy atom. The minimum Gasteiger partial charge on any atom is -0.351 e. The number of thiocarbonyl (C=S) groups is 1. The Morgan fingerprint density at radius 2 is 1.92 bits per heavy atom. The molecule has 0 amide bonds. The monoisotopic (exact) mass is 426 g/mol. The minimum atomic E-state index is -0.00690. The first-order chi connectivity index (χ1) is 12.7. The fourth-order valence-corrected chi connectivity index (χ4v) is 4.13. The number of halogens is 1. The van der Waals surface area contributed by atoms with Gasteiger partial charge < -0.3 is 14.8 Å². The summed E-state index contributed by atoms with van der Waals surface area (Å²) in [5, 5.41) is 4.21. The van der Waals surface area contributed by atoms with Crippen molar-refractivity contribution >= 4 is 38.9 Å². The van der Waals surface area contributed by atoms with Crippen molar-refractivity contribution in [2.45, 2.75) is 25.6 Å². The molecule has 1 N–H and O–H groups in total. The molecule has 3 aromatic rings. The van der Waals surface area contributed by atoms with Gasteiger partial charge in [0.1, 0.15) is 6.04 Å². The molecular formula is C20H19BrN4S.